The van der Waals surface area contributed by atoms with Gasteiger partial charge >= 0.3 is 0 Å². The average Bonchev–Trinajstić information content (AvgIpc) is 2.49. The van der Waals surface area contributed by atoms with Crippen LogP contribution in [0.3, 0.4) is 0 Å². The molecule has 106 valence electrons. The van der Waals surface area contributed by atoms with E-state index in [0.717, 1.165) is 12.1 Å². The lowest BCUT2D eigenvalue weighted by Gasteiger charge is -2.13. The maximum Gasteiger partial charge on any atom is 0.219 e. The number of hydrogen-bond donors (Lipinski definition) is 1. The van der Waals surface area contributed by atoms with Crippen molar-refractivity contribution in [1.82, 2.24) is 10.3 Å². The van der Waals surface area contributed by atoms with Gasteiger partial charge in [-0.1, -0.05) is 25.1 Å². The molecule has 0 radical (unpaired) electrons. The van der Waals surface area contributed by atoms with Gasteiger partial charge in [-0.3, -0.25) is 0 Å². The van der Waals surface area contributed by atoms with Crippen LogP contribution in [0.4, 0.5) is 0 Å². The van der Waals surface area contributed by atoms with Gasteiger partial charge < -0.3 is 14.8 Å². The molecule has 0 aliphatic carbocycles. The maximum atomic E-state index is 5.74. The van der Waals surface area contributed by atoms with E-state index in [1.807, 2.05) is 42.6 Å². The number of nitrogens with zero attached hydrogens (tertiary/aromatic N) is 1. The van der Waals surface area contributed by atoms with Crippen molar-refractivity contribution in [1.29, 1.82) is 0 Å². The summed E-state index contributed by atoms with van der Waals surface area (Å²) in [4.78, 5) is 4.33. The number of ether oxygens (including phenoxy) is 2. The molecule has 1 aromatic carbocycles. The van der Waals surface area contributed by atoms with Crippen LogP contribution in [-0.2, 0) is 0 Å². The summed E-state index contributed by atoms with van der Waals surface area (Å²) in [5, 5.41) is 3.35. The summed E-state index contributed by atoms with van der Waals surface area (Å²) in [7, 11) is 1.62. The third-order valence-corrected chi connectivity index (χ3v) is 3.05. The summed E-state index contributed by atoms with van der Waals surface area (Å²) < 4.78 is 11.0. The molecule has 0 saturated carbocycles. The van der Waals surface area contributed by atoms with Crippen LogP contribution in [0.25, 0.3) is 0 Å². The highest BCUT2D eigenvalue weighted by Crippen LogP contribution is 2.30. The molecule has 1 N–H and O–H groups in total. The summed E-state index contributed by atoms with van der Waals surface area (Å²) in [5.74, 6) is 1.91. The van der Waals surface area contributed by atoms with E-state index in [0.29, 0.717) is 17.4 Å². The molecule has 0 amide bonds. The van der Waals surface area contributed by atoms with Gasteiger partial charge in [0.15, 0.2) is 11.5 Å². The quantitative estimate of drug-likeness (QED) is 0.873. The second-order valence-electron chi connectivity index (χ2n) is 4.46. The molecule has 0 bridgehead atoms. The van der Waals surface area contributed by atoms with E-state index < -0.39 is 0 Å². The second kappa shape index (κ2) is 6.91. The minimum Gasteiger partial charge on any atom is -0.493 e. The number of methoxy groups -OCH3 is 1. The minimum absolute atomic E-state index is 0.285. The first-order valence-electron chi connectivity index (χ1n) is 6.74. The summed E-state index contributed by atoms with van der Waals surface area (Å²) >= 11 is 0. The van der Waals surface area contributed by atoms with Gasteiger partial charge in [0.1, 0.15) is 0 Å². The number of nitrogens with one attached hydrogen (secondary N) is 1. The zero-order valence-corrected chi connectivity index (χ0v) is 12.1. The Labute approximate surface area is 119 Å². The Morgan fingerprint density at radius 1 is 1.15 bits per heavy atom. The van der Waals surface area contributed by atoms with Crippen molar-refractivity contribution in [3.8, 4) is 17.4 Å². The Balaban J connectivity index is 2.11. The Bertz CT molecular complexity index is 540. The molecule has 1 aromatic heterocycles. The van der Waals surface area contributed by atoms with Crippen LogP contribution in [0, 0.1) is 0 Å². The van der Waals surface area contributed by atoms with Crippen LogP contribution in [0.1, 0.15) is 25.5 Å². The smallest absolute Gasteiger partial charge is 0.219 e. The standard InChI is InChI=1S/C16H20N2O2/c1-4-17-12(2)13-9-10-16(18-11-13)20-15-8-6-5-7-14(15)19-3/h5-12,17H,4H2,1-3H3. The van der Waals surface area contributed by atoms with E-state index in [4.69, 9.17) is 9.47 Å². The lowest BCUT2D eigenvalue weighted by molar-refractivity contribution is 0.374. The molecule has 1 atom stereocenters. The molecule has 1 heterocycles. The Hall–Kier alpha value is -2.07. The topological polar surface area (TPSA) is 43.4 Å². The molecule has 4 heteroatoms. The first kappa shape index (κ1) is 14.3. The third-order valence-electron chi connectivity index (χ3n) is 3.05. The number of para-hydroxylation sites is 2. The normalized spacial score (nSPS) is 11.9. The van der Waals surface area contributed by atoms with Crippen LogP contribution in [0.15, 0.2) is 42.6 Å². The van der Waals surface area contributed by atoms with Crippen molar-refractivity contribution in [2.75, 3.05) is 13.7 Å². The lowest BCUT2D eigenvalue weighted by Crippen LogP contribution is -2.17. The number of benzene rings is 1. The molecule has 2 rings (SSSR count). The van der Waals surface area contributed by atoms with E-state index in [1.165, 1.54) is 0 Å². The van der Waals surface area contributed by atoms with Gasteiger partial charge in [-0.15, -0.1) is 0 Å². The van der Waals surface area contributed by atoms with Crippen molar-refractivity contribution in [3.63, 3.8) is 0 Å². The van der Waals surface area contributed by atoms with Crippen LogP contribution < -0.4 is 14.8 Å². The number of pyridine rings is 1. The van der Waals surface area contributed by atoms with Crippen molar-refractivity contribution in [2.24, 2.45) is 0 Å². The molecular formula is C16H20N2O2. The second-order valence-corrected chi connectivity index (χ2v) is 4.46. The molecule has 0 spiro atoms. The zero-order valence-electron chi connectivity index (χ0n) is 12.1. The van der Waals surface area contributed by atoms with Crippen LogP contribution in [-0.4, -0.2) is 18.6 Å². The number of rotatable bonds is 6. The Morgan fingerprint density at radius 2 is 1.90 bits per heavy atom. The predicted molar refractivity (Wildman–Crippen MR) is 79.4 cm³/mol. The summed E-state index contributed by atoms with van der Waals surface area (Å²) in [5.41, 5.74) is 1.14. The molecule has 20 heavy (non-hydrogen) atoms. The third kappa shape index (κ3) is 3.48. The zero-order chi connectivity index (χ0) is 14.4. The minimum atomic E-state index is 0.285. The van der Waals surface area contributed by atoms with Gasteiger partial charge in [-0.2, -0.15) is 0 Å². The van der Waals surface area contributed by atoms with Crippen LogP contribution >= 0.6 is 0 Å². The molecule has 4 nitrogen and oxygen atoms in total. The fraction of sp³-hybridized carbons (Fsp3) is 0.312. The molecular weight excluding hydrogens is 252 g/mol. The van der Waals surface area contributed by atoms with Gasteiger partial charge in [0.2, 0.25) is 5.88 Å². The monoisotopic (exact) mass is 272 g/mol. The fourth-order valence-electron chi connectivity index (χ4n) is 1.95. The first-order valence-corrected chi connectivity index (χ1v) is 6.74. The van der Waals surface area contributed by atoms with Gasteiger partial charge in [-0.05, 0) is 31.2 Å². The van der Waals surface area contributed by atoms with Gasteiger partial charge in [0.05, 0.1) is 7.11 Å². The number of hydrogen-bond acceptors (Lipinski definition) is 4. The van der Waals surface area contributed by atoms with Gasteiger partial charge in [0.25, 0.3) is 0 Å². The highest BCUT2D eigenvalue weighted by atomic mass is 16.5. The van der Waals surface area contributed by atoms with Crippen molar-refractivity contribution in [2.45, 2.75) is 19.9 Å². The molecule has 0 aliphatic heterocycles. The summed E-state index contributed by atoms with van der Waals surface area (Å²) in [6.07, 6.45) is 1.83. The van der Waals surface area contributed by atoms with E-state index >= 15 is 0 Å². The van der Waals surface area contributed by atoms with Crippen molar-refractivity contribution < 1.29 is 9.47 Å². The van der Waals surface area contributed by atoms with Gasteiger partial charge in [-0.25, -0.2) is 4.98 Å². The number of aromatic nitrogens is 1. The summed E-state index contributed by atoms with van der Waals surface area (Å²) in [6.45, 7) is 5.13. The summed E-state index contributed by atoms with van der Waals surface area (Å²) in [6, 6.07) is 11.7. The molecule has 0 aliphatic rings. The largest absolute Gasteiger partial charge is 0.493 e. The Morgan fingerprint density at radius 3 is 2.50 bits per heavy atom. The highest BCUT2D eigenvalue weighted by molar-refractivity contribution is 5.41. The first-order chi connectivity index (χ1) is 9.74. The van der Waals surface area contributed by atoms with Crippen molar-refractivity contribution >= 4 is 0 Å². The highest BCUT2D eigenvalue weighted by Gasteiger charge is 2.07. The van der Waals surface area contributed by atoms with Crippen molar-refractivity contribution in [3.05, 3.63) is 48.2 Å². The average molecular weight is 272 g/mol. The fourth-order valence-corrected chi connectivity index (χ4v) is 1.95. The lowest BCUT2D eigenvalue weighted by atomic mass is 10.1. The SMILES string of the molecule is CCNC(C)c1ccc(Oc2ccccc2OC)nc1. The predicted octanol–water partition coefficient (Wildman–Crippen LogP) is 3.55. The van der Waals surface area contributed by atoms with E-state index in [1.54, 1.807) is 7.11 Å². The maximum absolute atomic E-state index is 5.74. The molecule has 1 unspecified atom stereocenters. The van der Waals surface area contributed by atoms with Crippen LogP contribution in [0.5, 0.6) is 17.4 Å². The van der Waals surface area contributed by atoms with E-state index in [9.17, 15) is 0 Å². The molecule has 0 fully saturated rings. The molecule has 0 saturated heterocycles. The van der Waals surface area contributed by atoms with Gasteiger partial charge in [0, 0.05) is 18.3 Å². The van der Waals surface area contributed by atoms with E-state index in [2.05, 4.69) is 24.1 Å². The molecule has 2 aromatic rings. The Kier molecular flexibility index (Phi) is 4.96. The van der Waals surface area contributed by atoms with E-state index in [-0.39, 0.29) is 6.04 Å². The van der Waals surface area contributed by atoms with Crippen LogP contribution in [0.2, 0.25) is 0 Å².